The van der Waals surface area contributed by atoms with E-state index in [1.165, 1.54) is 23.4 Å². The van der Waals surface area contributed by atoms with E-state index in [0.29, 0.717) is 18.8 Å². The number of ether oxygens (including phenoxy) is 1. The first-order valence-electron chi connectivity index (χ1n) is 9.83. The van der Waals surface area contributed by atoms with E-state index in [0.717, 1.165) is 30.0 Å². The third kappa shape index (κ3) is 4.04. The zero-order chi connectivity index (χ0) is 19.5. The first-order chi connectivity index (χ1) is 13.6. The summed E-state index contributed by atoms with van der Waals surface area (Å²) in [6, 6.07) is 7.38. The van der Waals surface area contributed by atoms with Gasteiger partial charge in [0.1, 0.15) is 5.75 Å². The Hall–Kier alpha value is -2.41. The molecule has 1 aromatic heterocycles. The molecule has 148 valence electrons. The molecular weight excluding hydrogens is 374 g/mol. The number of nitrogens with zero attached hydrogens (tertiary/aromatic N) is 2. The first-order valence-corrected chi connectivity index (χ1v) is 10.7. The van der Waals surface area contributed by atoms with Crippen LogP contribution in [-0.4, -0.2) is 37.0 Å². The summed E-state index contributed by atoms with van der Waals surface area (Å²) in [5.41, 5.74) is 2.03. The van der Waals surface area contributed by atoms with Gasteiger partial charge in [-0.05, 0) is 37.8 Å². The summed E-state index contributed by atoms with van der Waals surface area (Å²) in [7, 11) is 1.60. The van der Waals surface area contributed by atoms with E-state index in [9.17, 15) is 9.59 Å². The van der Waals surface area contributed by atoms with Crippen molar-refractivity contribution in [1.29, 1.82) is 0 Å². The van der Waals surface area contributed by atoms with Crippen LogP contribution in [-0.2, 0) is 28.9 Å². The van der Waals surface area contributed by atoms with E-state index >= 15 is 0 Å². The Labute approximate surface area is 168 Å². The van der Waals surface area contributed by atoms with Gasteiger partial charge in [-0.3, -0.25) is 9.59 Å². The Morgan fingerprint density at radius 1 is 1.36 bits per heavy atom. The molecule has 2 heterocycles. The van der Waals surface area contributed by atoms with Gasteiger partial charge in [-0.1, -0.05) is 6.07 Å². The van der Waals surface area contributed by atoms with E-state index < -0.39 is 0 Å². The minimum absolute atomic E-state index is 0.0269. The molecule has 0 bridgehead atoms. The number of hydrogen-bond acceptors (Lipinski definition) is 5. The number of carbonyl (C=O) groups excluding carboxylic acids is 2. The summed E-state index contributed by atoms with van der Waals surface area (Å²) < 4.78 is 5.23. The summed E-state index contributed by atoms with van der Waals surface area (Å²) in [6.45, 7) is 0.971. The first kappa shape index (κ1) is 18.9. The molecule has 1 aliphatic carbocycles. The van der Waals surface area contributed by atoms with Crippen LogP contribution in [0.3, 0.4) is 0 Å². The van der Waals surface area contributed by atoms with Crippen LogP contribution in [0.5, 0.6) is 5.75 Å². The molecule has 2 aliphatic rings. The van der Waals surface area contributed by atoms with Crippen molar-refractivity contribution in [2.24, 2.45) is 5.92 Å². The van der Waals surface area contributed by atoms with Gasteiger partial charge in [0.25, 0.3) is 0 Å². The van der Waals surface area contributed by atoms with Crippen molar-refractivity contribution in [2.75, 3.05) is 25.1 Å². The van der Waals surface area contributed by atoms with Gasteiger partial charge in [-0.25, -0.2) is 4.98 Å². The summed E-state index contributed by atoms with van der Waals surface area (Å²) in [4.78, 5) is 32.7. The van der Waals surface area contributed by atoms with Gasteiger partial charge in [-0.2, -0.15) is 0 Å². The van der Waals surface area contributed by atoms with Crippen LogP contribution in [0.25, 0.3) is 0 Å². The number of carbonyl (C=O) groups is 2. The van der Waals surface area contributed by atoms with Gasteiger partial charge in [0, 0.05) is 42.6 Å². The maximum absolute atomic E-state index is 12.5. The Bertz CT molecular complexity index is 856. The Morgan fingerprint density at radius 3 is 3.04 bits per heavy atom. The number of thiazole rings is 1. The molecule has 0 radical (unpaired) electrons. The van der Waals surface area contributed by atoms with Crippen molar-refractivity contribution in [1.82, 2.24) is 10.3 Å². The highest BCUT2D eigenvalue weighted by Crippen LogP contribution is 2.28. The standard InChI is InChI=1S/C21H25N3O3S/c1-27-16-6-4-5-15(12-16)24-13-14(11-20(24)25)21(26)22-10-9-19-23-17-7-2-3-8-18(17)28-19/h4-6,12,14H,2-3,7-11,13H2,1H3,(H,22,26). The van der Waals surface area contributed by atoms with Gasteiger partial charge in [-0.15, -0.1) is 11.3 Å². The molecule has 6 nitrogen and oxygen atoms in total. The quantitative estimate of drug-likeness (QED) is 0.811. The molecule has 0 saturated carbocycles. The Balaban J connectivity index is 1.30. The Kier molecular flexibility index (Phi) is 5.62. The second-order valence-corrected chi connectivity index (χ2v) is 8.50. The van der Waals surface area contributed by atoms with Gasteiger partial charge in [0.05, 0.1) is 23.7 Å². The average molecular weight is 400 g/mol. The van der Waals surface area contributed by atoms with Crippen molar-refractivity contribution in [3.63, 3.8) is 0 Å². The molecular formula is C21H25N3O3S. The number of rotatable bonds is 6. The molecule has 1 aliphatic heterocycles. The summed E-state index contributed by atoms with van der Waals surface area (Å²) >= 11 is 1.78. The fourth-order valence-electron chi connectivity index (χ4n) is 3.86. The number of aromatic nitrogens is 1. The third-order valence-electron chi connectivity index (χ3n) is 5.39. The highest BCUT2D eigenvalue weighted by molar-refractivity contribution is 7.11. The molecule has 7 heteroatoms. The van der Waals surface area contributed by atoms with Crippen LogP contribution in [0.4, 0.5) is 5.69 Å². The molecule has 1 unspecified atom stereocenters. The number of methoxy groups -OCH3 is 1. The number of anilines is 1. The molecule has 2 amide bonds. The average Bonchev–Trinajstić information content (AvgIpc) is 3.31. The zero-order valence-electron chi connectivity index (χ0n) is 16.1. The summed E-state index contributed by atoms with van der Waals surface area (Å²) in [6.07, 6.45) is 5.71. The van der Waals surface area contributed by atoms with E-state index in [1.54, 1.807) is 23.3 Å². The number of benzene rings is 1. The SMILES string of the molecule is COc1cccc(N2CC(C(=O)NCCc3nc4c(s3)CCCC4)CC2=O)c1. The van der Waals surface area contributed by atoms with Crippen LogP contribution in [0, 0.1) is 5.92 Å². The second-order valence-electron chi connectivity index (χ2n) is 7.33. The number of hydrogen-bond donors (Lipinski definition) is 1. The largest absolute Gasteiger partial charge is 0.497 e. The molecule has 0 spiro atoms. The lowest BCUT2D eigenvalue weighted by molar-refractivity contribution is -0.126. The number of fused-ring (bicyclic) bond motifs is 1. The molecule has 4 rings (SSSR count). The van der Waals surface area contributed by atoms with E-state index in [2.05, 4.69) is 5.32 Å². The lowest BCUT2D eigenvalue weighted by Gasteiger charge is -2.17. The topological polar surface area (TPSA) is 71.5 Å². The lowest BCUT2D eigenvalue weighted by Crippen LogP contribution is -2.34. The second kappa shape index (κ2) is 8.31. The molecule has 1 atom stereocenters. The maximum Gasteiger partial charge on any atom is 0.227 e. The normalized spacial score (nSPS) is 18.8. The summed E-state index contributed by atoms with van der Waals surface area (Å²) in [5, 5.41) is 4.10. The van der Waals surface area contributed by atoms with Gasteiger partial charge < -0.3 is 15.0 Å². The van der Waals surface area contributed by atoms with Crippen molar-refractivity contribution < 1.29 is 14.3 Å². The Morgan fingerprint density at radius 2 is 2.21 bits per heavy atom. The molecule has 1 N–H and O–H groups in total. The number of nitrogens with one attached hydrogen (secondary N) is 1. The van der Waals surface area contributed by atoms with E-state index in [4.69, 9.17) is 9.72 Å². The smallest absolute Gasteiger partial charge is 0.227 e. The zero-order valence-corrected chi connectivity index (χ0v) is 16.9. The van der Waals surface area contributed by atoms with Crippen LogP contribution < -0.4 is 15.0 Å². The minimum Gasteiger partial charge on any atom is -0.497 e. The maximum atomic E-state index is 12.5. The van der Waals surface area contributed by atoms with Crippen LogP contribution in [0.1, 0.15) is 34.8 Å². The fraction of sp³-hybridized carbons (Fsp3) is 0.476. The number of aryl methyl sites for hydroxylation is 2. The predicted octanol–water partition coefficient (Wildman–Crippen LogP) is 2.74. The molecule has 2 aromatic rings. The van der Waals surface area contributed by atoms with E-state index in [1.807, 2.05) is 24.3 Å². The third-order valence-corrected chi connectivity index (χ3v) is 6.61. The van der Waals surface area contributed by atoms with Gasteiger partial charge in [0.15, 0.2) is 0 Å². The van der Waals surface area contributed by atoms with Crippen LogP contribution >= 0.6 is 11.3 Å². The van der Waals surface area contributed by atoms with Crippen LogP contribution in [0.15, 0.2) is 24.3 Å². The molecule has 1 saturated heterocycles. The van der Waals surface area contributed by atoms with Crippen molar-refractivity contribution in [3.8, 4) is 5.75 Å². The fourth-order valence-corrected chi connectivity index (χ4v) is 5.02. The van der Waals surface area contributed by atoms with Crippen LogP contribution in [0.2, 0.25) is 0 Å². The van der Waals surface area contributed by atoms with Crippen molar-refractivity contribution in [2.45, 2.75) is 38.5 Å². The predicted molar refractivity (Wildman–Crippen MR) is 109 cm³/mol. The number of amides is 2. The highest BCUT2D eigenvalue weighted by Gasteiger charge is 2.35. The monoisotopic (exact) mass is 399 g/mol. The van der Waals surface area contributed by atoms with Gasteiger partial charge in [0.2, 0.25) is 11.8 Å². The van der Waals surface area contributed by atoms with E-state index in [-0.39, 0.29) is 24.2 Å². The van der Waals surface area contributed by atoms with Crippen molar-refractivity contribution >= 4 is 28.8 Å². The molecule has 1 fully saturated rings. The van der Waals surface area contributed by atoms with Crippen molar-refractivity contribution in [3.05, 3.63) is 39.8 Å². The summed E-state index contributed by atoms with van der Waals surface area (Å²) in [5.74, 6) is 0.300. The molecule has 28 heavy (non-hydrogen) atoms. The lowest BCUT2D eigenvalue weighted by atomic mass is 10.0. The minimum atomic E-state index is -0.316. The molecule has 1 aromatic carbocycles. The van der Waals surface area contributed by atoms with Gasteiger partial charge >= 0.3 is 0 Å². The highest BCUT2D eigenvalue weighted by atomic mass is 32.1.